The maximum absolute atomic E-state index is 11.2. The monoisotopic (exact) mass is 461 g/mol. The molecule has 1 aliphatic heterocycles. The van der Waals surface area contributed by atoms with Gasteiger partial charge < -0.3 is 20.7 Å². The Kier molecular flexibility index (Phi) is 10.2. The number of halogens is 1. The molecule has 2 heterocycles. The van der Waals surface area contributed by atoms with Crippen molar-refractivity contribution in [1.29, 1.82) is 0 Å². The first kappa shape index (κ1) is 21.5. The van der Waals surface area contributed by atoms with Gasteiger partial charge in [-0.05, 0) is 25.3 Å². The molecule has 0 bridgehead atoms. The van der Waals surface area contributed by atoms with Gasteiger partial charge in [0.2, 0.25) is 11.8 Å². The van der Waals surface area contributed by atoms with Gasteiger partial charge in [-0.25, -0.2) is 9.98 Å². The second kappa shape index (κ2) is 11.9. The summed E-state index contributed by atoms with van der Waals surface area (Å²) in [5.74, 6) is 1.52. The third-order valence-electron chi connectivity index (χ3n) is 3.62. The number of rotatable bonds is 7. The maximum atomic E-state index is 11.2. The van der Waals surface area contributed by atoms with Crippen molar-refractivity contribution in [2.45, 2.75) is 45.7 Å². The molecule has 1 unspecified atom stereocenters. The van der Waals surface area contributed by atoms with Crippen LogP contribution in [0.1, 0.15) is 38.7 Å². The number of nitrogens with one attached hydrogen (secondary N) is 3. The number of guanidine groups is 1. The van der Waals surface area contributed by atoms with Gasteiger partial charge in [-0.2, -0.15) is 0 Å². The van der Waals surface area contributed by atoms with Crippen LogP contribution in [-0.2, 0) is 11.3 Å². The van der Waals surface area contributed by atoms with E-state index in [0.717, 1.165) is 30.9 Å². The molecule has 0 aromatic carbocycles. The summed E-state index contributed by atoms with van der Waals surface area (Å²) in [6.07, 6.45) is 4.13. The minimum absolute atomic E-state index is 0. The molecule has 0 radical (unpaired) electrons. The minimum Gasteiger partial charge on any atom is -0.478 e. The van der Waals surface area contributed by atoms with Crippen molar-refractivity contribution in [1.82, 2.24) is 20.9 Å². The molecule has 0 aliphatic carbocycles. The second-order valence-corrected chi connectivity index (χ2v) is 5.73. The van der Waals surface area contributed by atoms with Gasteiger partial charge in [-0.15, -0.1) is 24.0 Å². The molecule has 1 aromatic rings. The first-order valence-corrected chi connectivity index (χ1v) is 8.60. The highest BCUT2D eigenvalue weighted by Gasteiger charge is 2.18. The van der Waals surface area contributed by atoms with Crippen LogP contribution < -0.4 is 20.7 Å². The third-order valence-corrected chi connectivity index (χ3v) is 3.62. The van der Waals surface area contributed by atoms with E-state index in [1.165, 1.54) is 0 Å². The van der Waals surface area contributed by atoms with Gasteiger partial charge in [0.05, 0.1) is 13.2 Å². The normalized spacial score (nSPS) is 17.3. The molecule has 1 aliphatic rings. The molecule has 1 amide bonds. The van der Waals surface area contributed by atoms with Gasteiger partial charge in [-0.1, -0.05) is 13.0 Å². The molecule has 1 saturated heterocycles. The molecular formula is C17H28IN5O2. The van der Waals surface area contributed by atoms with Crippen LogP contribution in [-0.4, -0.2) is 42.6 Å². The zero-order valence-corrected chi connectivity index (χ0v) is 17.2. The molecule has 3 N–H and O–H groups in total. The molecule has 8 heteroatoms. The van der Waals surface area contributed by atoms with Gasteiger partial charge >= 0.3 is 0 Å². The topological polar surface area (TPSA) is 87.6 Å². The predicted molar refractivity (Wildman–Crippen MR) is 109 cm³/mol. The number of ether oxygens (including phenoxy) is 1. The number of nitrogens with zero attached hydrogens (tertiary/aromatic N) is 2. The van der Waals surface area contributed by atoms with Crippen molar-refractivity contribution in [3.8, 4) is 5.88 Å². The fourth-order valence-electron chi connectivity index (χ4n) is 2.34. The fraction of sp³-hybridized carbons (Fsp3) is 0.588. The summed E-state index contributed by atoms with van der Waals surface area (Å²) >= 11 is 0. The van der Waals surface area contributed by atoms with Crippen LogP contribution in [0, 0.1) is 0 Å². The largest absolute Gasteiger partial charge is 0.478 e. The first-order chi connectivity index (χ1) is 11.7. The van der Waals surface area contributed by atoms with E-state index in [0.29, 0.717) is 32.0 Å². The van der Waals surface area contributed by atoms with E-state index in [-0.39, 0.29) is 35.9 Å². The number of carbonyl (C=O) groups is 1. The van der Waals surface area contributed by atoms with Crippen molar-refractivity contribution < 1.29 is 9.53 Å². The lowest BCUT2D eigenvalue weighted by atomic mass is 10.1. The number of hydrogen-bond acceptors (Lipinski definition) is 4. The molecule has 25 heavy (non-hydrogen) atoms. The standard InChI is InChI=1S/C17H27N5O2.HI/c1-3-9-24-16-8-5-13(10-20-16)11-21-17(18-4-2)22-14-6-7-15(23)19-12-14;/h5,8,10,14H,3-4,6-7,9,11-12H2,1-2H3,(H,19,23)(H2,18,21,22);1H. The predicted octanol–water partition coefficient (Wildman–Crippen LogP) is 1.82. The Balaban J connectivity index is 0.00000312. The van der Waals surface area contributed by atoms with E-state index in [4.69, 9.17) is 4.74 Å². The molecule has 1 atom stereocenters. The van der Waals surface area contributed by atoms with E-state index in [2.05, 4.69) is 32.9 Å². The van der Waals surface area contributed by atoms with E-state index < -0.39 is 0 Å². The lowest BCUT2D eigenvalue weighted by Crippen LogP contribution is -2.51. The number of carbonyl (C=O) groups excluding carboxylic acids is 1. The third kappa shape index (κ3) is 7.89. The molecule has 0 saturated carbocycles. The minimum atomic E-state index is 0. The number of amides is 1. The first-order valence-electron chi connectivity index (χ1n) is 8.60. The van der Waals surface area contributed by atoms with Gasteiger partial charge in [-0.3, -0.25) is 4.79 Å². The summed E-state index contributed by atoms with van der Waals surface area (Å²) in [6, 6.07) is 4.06. The molecule has 140 valence electrons. The number of pyridine rings is 1. The molecule has 0 spiro atoms. The molecule has 1 fully saturated rings. The summed E-state index contributed by atoms with van der Waals surface area (Å²) < 4.78 is 5.48. The van der Waals surface area contributed by atoms with Crippen molar-refractivity contribution in [2.24, 2.45) is 4.99 Å². The summed E-state index contributed by atoms with van der Waals surface area (Å²) in [4.78, 5) is 20.1. The van der Waals surface area contributed by atoms with Gasteiger partial charge in [0.1, 0.15) is 0 Å². The highest BCUT2D eigenvalue weighted by molar-refractivity contribution is 14.0. The van der Waals surface area contributed by atoms with E-state index in [1.54, 1.807) is 6.20 Å². The Morgan fingerprint density at radius 1 is 1.44 bits per heavy atom. The Hall–Kier alpha value is -1.58. The molecule has 2 rings (SSSR count). The zero-order chi connectivity index (χ0) is 17.2. The van der Waals surface area contributed by atoms with Crippen LogP contribution in [0.5, 0.6) is 5.88 Å². The Morgan fingerprint density at radius 3 is 2.88 bits per heavy atom. The van der Waals surface area contributed by atoms with Crippen LogP contribution in [0.15, 0.2) is 23.3 Å². The average molecular weight is 461 g/mol. The summed E-state index contributed by atoms with van der Waals surface area (Å²) in [5.41, 5.74) is 1.02. The Bertz CT molecular complexity index is 540. The quantitative estimate of drug-likeness (QED) is 0.328. The maximum Gasteiger partial charge on any atom is 0.220 e. The van der Waals surface area contributed by atoms with Crippen molar-refractivity contribution in [3.05, 3.63) is 23.9 Å². The van der Waals surface area contributed by atoms with Crippen LogP contribution in [0.3, 0.4) is 0 Å². The highest BCUT2D eigenvalue weighted by Crippen LogP contribution is 2.09. The lowest BCUT2D eigenvalue weighted by molar-refractivity contribution is -0.122. The fourth-order valence-corrected chi connectivity index (χ4v) is 2.34. The lowest BCUT2D eigenvalue weighted by Gasteiger charge is -2.25. The van der Waals surface area contributed by atoms with Gasteiger partial charge in [0, 0.05) is 37.8 Å². The van der Waals surface area contributed by atoms with Crippen LogP contribution in [0.4, 0.5) is 0 Å². The number of aliphatic imine (C=N–C) groups is 1. The number of aromatic nitrogens is 1. The Morgan fingerprint density at radius 2 is 2.28 bits per heavy atom. The van der Waals surface area contributed by atoms with Crippen LogP contribution in [0.2, 0.25) is 0 Å². The smallest absolute Gasteiger partial charge is 0.220 e. The number of piperidine rings is 1. The SMILES string of the molecule is CCCOc1ccc(CN=C(NCC)NC2CCC(=O)NC2)cn1.I. The highest BCUT2D eigenvalue weighted by atomic mass is 127. The van der Waals surface area contributed by atoms with E-state index in [9.17, 15) is 4.79 Å². The molecule has 1 aromatic heterocycles. The van der Waals surface area contributed by atoms with E-state index >= 15 is 0 Å². The van der Waals surface area contributed by atoms with Crippen LogP contribution >= 0.6 is 24.0 Å². The van der Waals surface area contributed by atoms with Crippen molar-refractivity contribution >= 4 is 35.8 Å². The van der Waals surface area contributed by atoms with Crippen molar-refractivity contribution in [2.75, 3.05) is 19.7 Å². The van der Waals surface area contributed by atoms with E-state index in [1.807, 2.05) is 19.1 Å². The molecular weight excluding hydrogens is 433 g/mol. The Labute approximate surface area is 166 Å². The average Bonchev–Trinajstić information content (AvgIpc) is 2.61. The van der Waals surface area contributed by atoms with Gasteiger partial charge in [0.25, 0.3) is 0 Å². The second-order valence-electron chi connectivity index (χ2n) is 5.73. The van der Waals surface area contributed by atoms with Crippen LogP contribution in [0.25, 0.3) is 0 Å². The van der Waals surface area contributed by atoms with Crippen molar-refractivity contribution in [3.63, 3.8) is 0 Å². The zero-order valence-electron chi connectivity index (χ0n) is 14.9. The molecule has 7 nitrogen and oxygen atoms in total. The summed E-state index contributed by atoms with van der Waals surface area (Å²) in [7, 11) is 0. The van der Waals surface area contributed by atoms with Gasteiger partial charge in [0.15, 0.2) is 5.96 Å². The number of hydrogen-bond donors (Lipinski definition) is 3. The summed E-state index contributed by atoms with van der Waals surface area (Å²) in [5, 5.41) is 9.47. The summed E-state index contributed by atoms with van der Waals surface area (Å²) in [6.45, 7) is 6.73.